The van der Waals surface area contributed by atoms with Crippen LogP contribution < -0.4 is 0 Å². The van der Waals surface area contributed by atoms with Crippen LogP contribution >= 0.6 is 0 Å². The van der Waals surface area contributed by atoms with Crippen molar-refractivity contribution in [3.8, 4) is 0 Å². The third-order valence-corrected chi connectivity index (χ3v) is 5.66. The molecule has 3 atom stereocenters. The van der Waals surface area contributed by atoms with E-state index in [1.165, 1.54) is 11.1 Å². The lowest BCUT2D eigenvalue weighted by molar-refractivity contribution is -0.0593. The first-order chi connectivity index (χ1) is 12.7. The van der Waals surface area contributed by atoms with Gasteiger partial charge >= 0.3 is 0 Å². The van der Waals surface area contributed by atoms with Gasteiger partial charge in [0.05, 0.1) is 25.0 Å². The van der Waals surface area contributed by atoms with Crippen LogP contribution in [0.3, 0.4) is 0 Å². The standard InChI is InChI=1S/C20H27N3O3/c1-14-18(15(2)26-22-14)11-23-7-8-25-20-10-17(9-19(20)23)13-24-12-16-3-5-21-6-4-16/h3-6,17,19-20H,7-13H2,1-2H3/t17-,19+,20-/m1/s1. The Bertz CT molecular complexity index is 699. The van der Waals surface area contributed by atoms with Crippen molar-refractivity contribution in [3.05, 3.63) is 47.1 Å². The van der Waals surface area contributed by atoms with Crippen LogP contribution in [0.1, 0.15) is 35.4 Å². The van der Waals surface area contributed by atoms with E-state index in [1.807, 2.05) is 38.4 Å². The quantitative estimate of drug-likeness (QED) is 0.792. The molecule has 0 radical (unpaired) electrons. The molecule has 1 aliphatic heterocycles. The maximum Gasteiger partial charge on any atom is 0.138 e. The van der Waals surface area contributed by atoms with Crippen LogP contribution in [0.15, 0.2) is 29.0 Å². The van der Waals surface area contributed by atoms with Gasteiger partial charge in [0.25, 0.3) is 0 Å². The minimum atomic E-state index is 0.318. The van der Waals surface area contributed by atoms with Crippen LogP contribution in [-0.4, -0.2) is 46.9 Å². The molecule has 2 aliphatic rings. The fraction of sp³-hybridized carbons (Fsp3) is 0.600. The SMILES string of the molecule is Cc1noc(C)c1CN1CCO[C@@H]2C[C@H](COCc3ccncc3)C[C@@H]21. The highest BCUT2D eigenvalue weighted by Gasteiger charge is 2.41. The Hall–Kier alpha value is -1.76. The Morgan fingerprint density at radius 2 is 2.08 bits per heavy atom. The van der Waals surface area contributed by atoms with Gasteiger partial charge in [-0.1, -0.05) is 5.16 Å². The number of morpholine rings is 1. The number of nitrogens with zero attached hydrogens (tertiary/aromatic N) is 3. The van der Waals surface area contributed by atoms with Crippen molar-refractivity contribution < 1.29 is 14.0 Å². The van der Waals surface area contributed by atoms with Crippen LogP contribution in [0.2, 0.25) is 0 Å². The van der Waals surface area contributed by atoms with E-state index in [-0.39, 0.29) is 0 Å². The summed E-state index contributed by atoms with van der Waals surface area (Å²) >= 11 is 0. The van der Waals surface area contributed by atoms with Crippen molar-refractivity contribution >= 4 is 0 Å². The minimum absolute atomic E-state index is 0.318. The summed E-state index contributed by atoms with van der Waals surface area (Å²) in [6.45, 7) is 8.13. The molecule has 6 heteroatoms. The summed E-state index contributed by atoms with van der Waals surface area (Å²) < 4.78 is 17.4. The van der Waals surface area contributed by atoms with Crippen molar-refractivity contribution in [2.75, 3.05) is 19.8 Å². The van der Waals surface area contributed by atoms with E-state index in [4.69, 9.17) is 14.0 Å². The second-order valence-electron chi connectivity index (χ2n) is 7.46. The third-order valence-electron chi connectivity index (χ3n) is 5.66. The molecule has 1 saturated carbocycles. The average Bonchev–Trinajstić information content (AvgIpc) is 3.21. The van der Waals surface area contributed by atoms with Gasteiger partial charge in [0.1, 0.15) is 5.76 Å². The minimum Gasteiger partial charge on any atom is -0.376 e. The van der Waals surface area contributed by atoms with Gasteiger partial charge in [0.2, 0.25) is 0 Å². The molecule has 2 fully saturated rings. The van der Waals surface area contributed by atoms with Gasteiger partial charge in [0, 0.05) is 43.7 Å². The molecule has 1 saturated heterocycles. The Balaban J connectivity index is 1.32. The van der Waals surface area contributed by atoms with Crippen molar-refractivity contribution in [2.45, 2.75) is 52.0 Å². The number of pyridine rings is 1. The van der Waals surface area contributed by atoms with Gasteiger partial charge < -0.3 is 14.0 Å². The fourth-order valence-electron chi connectivity index (χ4n) is 4.21. The molecule has 0 spiro atoms. The Morgan fingerprint density at radius 1 is 1.23 bits per heavy atom. The summed E-state index contributed by atoms with van der Waals surface area (Å²) in [5.74, 6) is 1.48. The predicted molar refractivity (Wildman–Crippen MR) is 96.5 cm³/mol. The van der Waals surface area contributed by atoms with E-state index < -0.39 is 0 Å². The Kier molecular flexibility index (Phi) is 5.33. The second kappa shape index (κ2) is 7.86. The van der Waals surface area contributed by atoms with Crippen LogP contribution in [0.5, 0.6) is 0 Å². The molecule has 2 aromatic rings. The molecule has 26 heavy (non-hydrogen) atoms. The molecule has 4 rings (SSSR count). The zero-order valence-electron chi connectivity index (χ0n) is 15.6. The molecular formula is C20H27N3O3. The van der Waals surface area contributed by atoms with E-state index in [2.05, 4.69) is 15.0 Å². The largest absolute Gasteiger partial charge is 0.376 e. The maximum atomic E-state index is 6.06. The van der Waals surface area contributed by atoms with Crippen molar-refractivity contribution in [2.24, 2.45) is 5.92 Å². The molecule has 0 aromatic carbocycles. The highest BCUT2D eigenvalue weighted by Crippen LogP contribution is 2.35. The van der Waals surface area contributed by atoms with E-state index in [9.17, 15) is 0 Å². The van der Waals surface area contributed by atoms with E-state index in [1.54, 1.807) is 0 Å². The van der Waals surface area contributed by atoms with E-state index >= 15 is 0 Å². The molecule has 6 nitrogen and oxygen atoms in total. The lowest BCUT2D eigenvalue weighted by Gasteiger charge is -2.37. The Labute approximate surface area is 154 Å². The molecule has 0 N–H and O–H groups in total. The zero-order valence-corrected chi connectivity index (χ0v) is 15.6. The molecule has 140 valence electrons. The number of ether oxygens (including phenoxy) is 2. The molecule has 2 aromatic heterocycles. The van der Waals surface area contributed by atoms with Crippen LogP contribution in [-0.2, 0) is 22.6 Å². The molecule has 0 unspecified atom stereocenters. The summed E-state index contributed by atoms with van der Waals surface area (Å²) in [6, 6.07) is 4.47. The third kappa shape index (κ3) is 3.82. The smallest absolute Gasteiger partial charge is 0.138 e. The summed E-state index contributed by atoms with van der Waals surface area (Å²) in [5, 5.41) is 4.09. The van der Waals surface area contributed by atoms with Crippen molar-refractivity contribution in [1.29, 1.82) is 0 Å². The monoisotopic (exact) mass is 357 g/mol. The van der Waals surface area contributed by atoms with Gasteiger partial charge in [-0.15, -0.1) is 0 Å². The van der Waals surface area contributed by atoms with Crippen LogP contribution in [0.4, 0.5) is 0 Å². The molecule has 1 aliphatic carbocycles. The zero-order chi connectivity index (χ0) is 17.9. The lowest BCUT2D eigenvalue weighted by atomic mass is 10.1. The summed E-state index contributed by atoms with van der Waals surface area (Å²) in [7, 11) is 0. The first-order valence-electron chi connectivity index (χ1n) is 9.44. The number of rotatable bonds is 6. The lowest BCUT2D eigenvalue weighted by Crippen LogP contribution is -2.48. The highest BCUT2D eigenvalue weighted by atomic mass is 16.5. The number of aromatic nitrogens is 2. The molecular weight excluding hydrogens is 330 g/mol. The first-order valence-corrected chi connectivity index (χ1v) is 9.44. The number of hydrogen-bond acceptors (Lipinski definition) is 6. The fourth-order valence-corrected chi connectivity index (χ4v) is 4.21. The molecule has 3 heterocycles. The van der Waals surface area contributed by atoms with Crippen molar-refractivity contribution in [3.63, 3.8) is 0 Å². The normalized spacial score (nSPS) is 26.2. The van der Waals surface area contributed by atoms with E-state index in [0.29, 0.717) is 24.7 Å². The van der Waals surface area contributed by atoms with Gasteiger partial charge in [-0.25, -0.2) is 0 Å². The highest BCUT2D eigenvalue weighted by molar-refractivity contribution is 5.21. The summed E-state index contributed by atoms with van der Waals surface area (Å²) in [5.41, 5.74) is 3.40. The van der Waals surface area contributed by atoms with Gasteiger partial charge in [-0.3, -0.25) is 9.88 Å². The first kappa shape index (κ1) is 17.6. The molecule has 0 amide bonds. The van der Waals surface area contributed by atoms with E-state index in [0.717, 1.165) is 50.6 Å². The topological polar surface area (TPSA) is 60.6 Å². The van der Waals surface area contributed by atoms with Crippen LogP contribution in [0.25, 0.3) is 0 Å². The maximum absolute atomic E-state index is 6.06. The summed E-state index contributed by atoms with van der Waals surface area (Å²) in [6.07, 6.45) is 6.15. The molecule has 0 bridgehead atoms. The second-order valence-corrected chi connectivity index (χ2v) is 7.46. The van der Waals surface area contributed by atoms with Gasteiger partial charge in [0.15, 0.2) is 0 Å². The van der Waals surface area contributed by atoms with Crippen molar-refractivity contribution in [1.82, 2.24) is 15.0 Å². The predicted octanol–water partition coefficient (Wildman–Crippen LogP) is 2.88. The summed E-state index contributed by atoms with van der Waals surface area (Å²) in [4.78, 5) is 6.59. The average molecular weight is 357 g/mol. The number of aryl methyl sites for hydroxylation is 2. The van der Waals surface area contributed by atoms with Gasteiger partial charge in [-0.05, 0) is 50.3 Å². The number of fused-ring (bicyclic) bond motifs is 1. The Morgan fingerprint density at radius 3 is 2.85 bits per heavy atom. The van der Waals surface area contributed by atoms with Gasteiger partial charge in [-0.2, -0.15) is 0 Å². The van der Waals surface area contributed by atoms with Crippen LogP contribution in [0, 0.1) is 19.8 Å². The number of hydrogen-bond donors (Lipinski definition) is 0.